The molecule has 0 atom stereocenters. The molecule has 1 aliphatic carbocycles. The van der Waals surface area contributed by atoms with Crippen molar-refractivity contribution in [3.8, 4) is 5.75 Å². The Bertz CT molecular complexity index is 778. The highest BCUT2D eigenvalue weighted by Gasteiger charge is 2.16. The monoisotopic (exact) mass is 467 g/mol. The first-order valence-electron chi connectivity index (χ1n) is 8.65. The molecule has 5 nitrogen and oxygen atoms in total. The van der Waals surface area contributed by atoms with E-state index in [1.165, 1.54) is 17.5 Å². The van der Waals surface area contributed by atoms with E-state index in [9.17, 15) is 5.11 Å². The number of phenols is 1. The molecule has 0 fully saturated rings. The molecule has 4 N–H and O–H groups in total. The maximum absolute atomic E-state index is 10.2. The number of methoxy groups -OCH3 is 1. The molecule has 0 aromatic heterocycles. The Morgan fingerprint density at radius 1 is 1.19 bits per heavy atom. The van der Waals surface area contributed by atoms with Crippen LogP contribution in [-0.4, -0.2) is 18.2 Å². The van der Waals surface area contributed by atoms with E-state index in [0.29, 0.717) is 24.9 Å². The van der Waals surface area contributed by atoms with E-state index in [1.807, 2.05) is 30.3 Å². The Kier molecular flexibility index (Phi) is 7.71. The fourth-order valence-electron chi connectivity index (χ4n) is 3.33. The molecular weight excluding hydrogens is 441 g/mol. The number of fused-ring (bicyclic) bond motifs is 1. The molecule has 0 saturated carbocycles. The number of nitrogens with two attached hydrogens (primary N) is 1. The number of aryl methyl sites for hydroxylation is 1. The number of anilines is 1. The number of hydrogen-bond donors (Lipinski definition) is 3. The van der Waals surface area contributed by atoms with Crippen molar-refractivity contribution in [3.05, 3.63) is 58.7 Å². The Hall–Kier alpha value is -1.80. The molecule has 0 heterocycles. The van der Waals surface area contributed by atoms with Gasteiger partial charge in [0, 0.05) is 23.9 Å². The summed E-state index contributed by atoms with van der Waals surface area (Å²) in [5, 5.41) is 13.4. The standard InChI is InChI=1S/C20H25N3O2.HI/c1-25-13-15-7-3-5-9-18(15)23-20(21)22-12-17-16-8-4-2-6-14(16)10-11-19(17)24;/h3,5,7,9-11,24H,2,4,6,8,12-13H2,1H3,(H3,21,22,23);1H. The lowest BCUT2D eigenvalue weighted by molar-refractivity contribution is 0.185. The van der Waals surface area contributed by atoms with Crippen molar-refractivity contribution in [2.24, 2.45) is 10.7 Å². The molecule has 140 valence electrons. The summed E-state index contributed by atoms with van der Waals surface area (Å²) in [5.41, 5.74) is 11.4. The van der Waals surface area contributed by atoms with Gasteiger partial charge in [-0.15, -0.1) is 24.0 Å². The number of aromatic hydroxyl groups is 1. The Morgan fingerprint density at radius 2 is 1.96 bits per heavy atom. The molecule has 0 amide bonds. The molecule has 3 rings (SSSR count). The summed E-state index contributed by atoms with van der Waals surface area (Å²) < 4.78 is 5.20. The highest BCUT2D eigenvalue weighted by atomic mass is 127. The number of ether oxygens (including phenoxy) is 1. The van der Waals surface area contributed by atoms with Crippen molar-refractivity contribution in [2.45, 2.75) is 38.8 Å². The first-order chi connectivity index (χ1) is 12.2. The van der Waals surface area contributed by atoms with Gasteiger partial charge in [-0.05, 0) is 48.9 Å². The van der Waals surface area contributed by atoms with Crippen LogP contribution in [0.5, 0.6) is 5.75 Å². The van der Waals surface area contributed by atoms with Gasteiger partial charge in [0.05, 0.1) is 13.2 Å². The number of benzene rings is 2. The van der Waals surface area contributed by atoms with E-state index in [2.05, 4.69) is 10.3 Å². The molecule has 0 bridgehead atoms. The number of nitrogens with zero attached hydrogens (tertiary/aromatic N) is 1. The number of nitrogens with one attached hydrogen (secondary N) is 1. The quantitative estimate of drug-likeness (QED) is 0.353. The Morgan fingerprint density at radius 3 is 2.77 bits per heavy atom. The van der Waals surface area contributed by atoms with Crippen molar-refractivity contribution >= 4 is 35.6 Å². The van der Waals surface area contributed by atoms with Gasteiger partial charge in [0.2, 0.25) is 0 Å². The van der Waals surface area contributed by atoms with Crippen LogP contribution in [0.2, 0.25) is 0 Å². The first-order valence-corrected chi connectivity index (χ1v) is 8.65. The van der Waals surface area contributed by atoms with Gasteiger partial charge in [-0.2, -0.15) is 0 Å². The predicted molar refractivity (Wildman–Crippen MR) is 116 cm³/mol. The molecule has 6 heteroatoms. The van der Waals surface area contributed by atoms with Crippen LogP contribution in [0.1, 0.15) is 35.1 Å². The third-order valence-corrected chi connectivity index (χ3v) is 4.61. The number of rotatable bonds is 5. The highest BCUT2D eigenvalue weighted by Crippen LogP contribution is 2.31. The fraction of sp³-hybridized carbons (Fsp3) is 0.350. The predicted octanol–water partition coefficient (Wildman–Crippen LogP) is 3.96. The summed E-state index contributed by atoms with van der Waals surface area (Å²) in [6.45, 7) is 0.879. The highest BCUT2D eigenvalue weighted by molar-refractivity contribution is 14.0. The first kappa shape index (κ1) is 20.5. The number of para-hydroxylation sites is 1. The fourth-order valence-corrected chi connectivity index (χ4v) is 3.33. The van der Waals surface area contributed by atoms with Gasteiger partial charge in [0.1, 0.15) is 5.75 Å². The summed E-state index contributed by atoms with van der Waals surface area (Å²) in [4.78, 5) is 4.44. The van der Waals surface area contributed by atoms with Gasteiger partial charge in [-0.1, -0.05) is 24.3 Å². The Balaban J connectivity index is 0.00000243. The summed E-state index contributed by atoms with van der Waals surface area (Å²) in [6.07, 6.45) is 4.44. The Labute approximate surface area is 171 Å². The molecular formula is C20H26IN3O2. The topological polar surface area (TPSA) is 79.9 Å². The maximum Gasteiger partial charge on any atom is 0.193 e. The van der Waals surface area contributed by atoms with Gasteiger partial charge in [-0.25, -0.2) is 4.99 Å². The molecule has 0 radical (unpaired) electrons. The second-order valence-electron chi connectivity index (χ2n) is 6.32. The molecule has 0 spiro atoms. The van der Waals surface area contributed by atoms with Gasteiger partial charge in [0.15, 0.2) is 5.96 Å². The minimum Gasteiger partial charge on any atom is -0.508 e. The van der Waals surface area contributed by atoms with Gasteiger partial charge >= 0.3 is 0 Å². The number of aliphatic imine (C=N–C) groups is 1. The van der Waals surface area contributed by atoms with E-state index in [1.54, 1.807) is 13.2 Å². The molecule has 2 aromatic rings. The van der Waals surface area contributed by atoms with Crippen LogP contribution < -0.4 is 11.1 Å². The molecule has 0 saturated heterocycles. The van der Waals surface area contributed by atoms with Crippen molar-refractivity contribution in [1.82, 2.24) is 0 Å². The zero-order valence-electron chi connectivity index (χ0n) is 15.0. The van der Waals surface area contributed by atoms with Crippen LogP contribution in [-0.2, 0) is 30.7 Å². The van der Waals surface area contributed by atoms with Crippen LogP contribution >= 0.6 is 24.0 Å². The molecule has 2 aromatic carbocycles. The van der Waals surface area contributed by atoms with E-state index in [-0.39, 0.29) is 24.0 Å². The van der Waals surface area contributed by atoms with E-state index < -0.39 is 0 Å². The minimum absolute atomic E-state index is 0. The second kappa shape index (κ2) is 9.78. The third-order valence-electron chi connectivity index (χ3n) is 4.61. The molecule has 0 aliphatic heterocycles. The second-order valence-corrected chi connectivity index (χ2v) is 6.32. The van der Waals surface area contributed by atoms with E-state index in [0.717, 1.165) is 36.1 Å². The number of guanidine groups is 1. The smallest absolute Gasteiger partial charge is 0.193 e. The van der Waals surface area contributed by atoms with Crippen LogP contribution in [0.3, 0.4) is 0 Å². The summed E-state index contributed by atoms with van der Waals surface area (Å²) >= 11 is 0. The van der Waals surface area contributed by atoms with Crippen LogP contribution in [0.25, 0.3) is 0 Å². The van der Waals surface area contributed by atoms with Crippen LogP contribution in [0.4, 0.5) is 5.69 Å². The molecule has 26 heavy (non-hydrogen) atoms. The largest absolute Gasteiger partial charge is 0.508 e. The average molecular weight is 467 g/mol. The number of hydrogen-bond acceptors (Lipinski definition) is 3. The van der Waals surface area contributed by atoms with Crippen molar-refractivity contribution in [3.63, 3.8) is 0 Å². The zero-order valence-corrected chi connectivity index (χ0v) is 17.3. The SMILES string of the molecule is COCc1ccccc1NC(N)=NCc1c(O)ccc2c1CCCC2.I. The normalized spacial score (nSPS) is 13.7. The van der Waals surface area contributed by atoms with Crippen molar-refractivity contribution < 1.29 is 9.84 Å². The zero-order chi connectivity index (χ0) is 17.6. The summed E-state index contributed by atoms with van der Waals surface area (Å²) in [6, 6.07) is 11.6. The van der Waals surface area contributed by atoms with Crippen LogP contribution in [0, 0.1) is 0 Å². The summed E-state index contributed by atoms with van der Waals surface area (Å²) in [5.74, 6) is 0.633. The van der Waals surface area contributed by atoms with Gasteiger partial charge in [0.25, 0.3) is 0 Å². The summed E-state index contributed by atoms with van der Waals surface area (Å²) in [7, 11) is 1.66. The number of phenolic OH excluding ortho intramolecular Hbond substituents is 1. The van der Waals surface area contributed by atoms with Crippen LogP contribution in [0.15, 0.2) is 41.4 Å². The van der Waals surface area contributed by atoms with Crippen molar-refractivity contribution in [2.75, 3.05) is 12.4 Å². The van der Waals surface area contributed by atoms with E-state index >= 15 is 0 Å². The number of halogens is 1. The molecule has 1 aliphatic rings. The minimum atomic E-state index is 0. The average Bonchev–Trinajstić information content (AvgIpc) is 2.63. The molecule has 0 unspecified atom stereocenters. The lowest BCUT2D eigenvalue weighted by Gasteiger charge is -2.19. The maximum atomic E-state index is 10.2. The van der Waals surface area contributed by atoms with E-state index in [4.69, 9.17) is 10.5 Å². The van der Waals surface area contributed by atoms with Crippen molar-refractivity contribution in [1.29, 1.82) is 0 Å². The lowest BCUT2D eigenvalue weighted by atomic mass is 9.88. The lowest BCUT2D eigenvalue weighted by Crippen LogP contribution is -2.23. The third kappa shape index (κ3) is 4.88. The van der Waals surface area contributed by atoms with Gasteiger partial charge < -0.3 is 20.9 Å². The van der Waals surface area contributed by atoms with Gasteiger partial charge in [-0.3, -0.25) is 0 Å².